The summed E-state index contributed by atoms with van der Waals surface area (Å²) < 4.78 is 36.4. The van der Waals surface area contributed by atoms with Crippen molar-refractivity contribution < 1.29 is 32.1 Å². The molecule has 3 rings (SSSR count). The van der Waals surface area contributed by atoms with E-state index < -0.39 is 38.8 Å². The Morgan fingerprint density at radius 3 is 2.30 bits per heavy atom. The summed E-state index contributed by atoms with van der Waals surface area (Å²) in [6.45, 7) is 1.85. The molecule has 0 aliphatic carbocycles. The van der Waals surface area contributed by atoms with Crippen LogP contribution >= 0.6 is 0 Å². The van der Waals surface area contributed by atoms with Crippen molar-refractivity contribution in [3.63, 3.8) is 0 Å². The summed E-state index contributed by atoms with van der Waals surface area (Å²) in [6, 6.07) is 10.1. The van der Waals surface area contributed by atoms with Gasteiger partial charge in [-0.05, 0) is 25.1 Å². The van der Waals surface area contributed by atoms with Crippen molar-refractivity contribution in [2.45, 2.75) is 17.9 Å². The van der Waals surface area contributed by atoms with Gasteiger partial charge in [0.25, 0.3) is 5.91 Å². The Morgan fingerprint density at radius 1 is 1.10 bits per heavy atom. The number of carbonyl (C=O) groups is 2. The summed E-state index contributed by atoms with van der Waals surface area (Å²) in [6.07, 6.45) is -1.17. The normalized spacial score (nSPS) is 16.1. The van der Waals surface area contributed by atoms with Gasteiger partial charge in [-0.1, -0.05) is 18.2 Å². The number of esters is 1. The molecule has 11 nitrogen and oxygen atoms in total. The molecular weight excluding hydrogens is 418 g/mol. The summed E-state index contributed by atoms with van der Waals surface area (Å²) in [5.74, 6) is -2.51. The van der Waals surface area contributed by atoms with Crippen molar-refractivity contribution in [2.75, 3.05) is 26.2 Å². The Kier molecular flexibility index (Phi) is 6.17. The molecule has 2 heterocycles. The van der Waals surface area contributed by atoms with Gasteiger partial charge in [-0.2, -0.15) is 4.31 Å². The lowest BCUT2D eigenvalue weighted by molar-refractivity contribution is -0.402. The molecule has 0 saturated carbocycles. The van der Waals surface area contributed by atoms with Crippen molar-refractivity contribution >= 4 is 27.8 Å². The highest BCUT2D eigenvalue weighted by Crippen LogP contribution is 2.19. The molecule has 1 aliphatic rings. The number of piperazine rings is 1. The maximum absolute atomic E-state index is 12.6. The van der Waals surface area contributed by atoms with E-state index in [1.807, 2.05) is 0 Å². The van der Waals surface area contributed by atoms with Gasteiger partial charge < -0.3 is 14.1 Å². The number of amides is 1. The molecule has 12 heteroatoms. The third-order valence-electron chi connectivity index (χ3n) is 4.54. The number of hydrogen-bond acceptors (Lipinski definition) is 8. The zero-order valence-electron chi connectivity index (χ0n) is 16.0. The summed E-state index contributed by atoms with van der Waals surface area (Å²) in [7, 11) is -3.65. The van der Waals surface area contributed by atoms with Crippen molar-refractivity contribution in [3.8, 4) is 0 Å². The molecule has 30 heavy (non-hydrogen) atoms. The lowest BCUT2D eigenvalue weighted by Gasteiger charge is -2.35. The highest BCUT2D eigenvalue weighted by Gasteiger charge is 2.33. The lowest BCUT2D eigenvalue weighted by Crippen LogP contribution is -2.52. The Hall–Kier alpha value is -3.25. The van der Waals surface area contributed by atoms with Gasteiger partial charge in [-0.15, -0.1) is 0 Å². The predicted octanol–water partition coefficient (Wildman–Crippen LogP) is 1.27. The van der Waals surface area contributed by atoms with Gasteiger partial charge in [-0.25, -0.2) is 13.2 Å². The van der Waals surface area contributed by atoms with Crippen LogP contribution < -0.4 is 0 Å². The molecule has 1 aromatic heterocycles. The molecule has 0 bridgehead atoms. The van der Waals surface area contributed by atoms with E-state index >= 15 is 0 Å². The van der Waals surface area contributed by atoms with E-state index in [2.05, 4.69) is 0 Å². The van der Waals surface area contributed by atoms with E-state index in [-0.39, 0.29) is 36.8 Å². The van der Waals surface area contributed by atoms with Crippen LogP contribution in [0.4, 0.5) is 5.88 Å². The Bertz CT molecular complexity index is 1040. The number of carbonyl (C=O) groups excluding carboxylic acids is 2. The van der Waals surface area contributed by atoms with Gasteiger partial charge in [0.05, 0.1) is 11.0 Å². The smallest absolute Gasteiger partial charge is 0.433 e. The second kappa shape index (κ2) is 8.63. The number of benzene rings is 1. The summed E-state index contributed by atoms with van der Waals surface area (Å²) in [5, 5.41) is 10.6. The van der Waals surface area contributed by atoms with Gasteiger partial charge in [0.15, 0.2) is 6.10 Å². The fourth-order valence-corrected chi connectivity index (χ4v) is 4.40. The van der Waals surface area contributed by atoms with Crippen LogP contribution in [-0.2, 0) is 19.6 Å². The van der Waals surface area contributed by atoms with Crippen LogP contribution in [0.15, 0.2) is 51.8 Å². The van der Waals surface area contributed by atoms with E-state index in [0.29, 0.717) is 0 Å². The third-order valence-corrected chi connectivity index (χ3v) is 6.45. The Labute approximate surface area is 172 Å². The minimum absolute atomic E-state index is 0.105. The molecule has 1 atom stereocenters. The van der Waals surface area contributed by atoms with E-state index in [1.54, 1.807) is 18.2 Å². The van der Waals surface area contributed by atoms with Crippen LogP contribution in [0.3, 0.4) is 0 Å². The van der Waals surface area contributed by atoms with Crippen LogP contribution in [0.5, 0.6) is 0 Å². The van der Waals surface area contributed by atoms with E-state index in [9.17, 15) is 28.1 Å². The number of sulfonamides is 1. The fourth-order valence-electron chi connectivity index (χ4n) is 2.95. The SMILES string of the molecule is CC(OC(=O)c1ccc([N+](=O)[O-])o1)C(=O)N1CCN(S(=O)(=O)c2ccccc2)CC1. The first kappa shape index (κ1) is 21.5. The Balaban J connectivity index is 1.56. The average molecular weight is 437 g/mol. The standard InChI is InChI=1S/C18H19N3O8S/c1-13(28-18(23)15-7-8-16(29-15)21(24)25)17(22)19-9-11-20(12-10-19)30(26,27)14-5-3-2-4-6-14/h2-8,13H,9-12H2,1H3. The molecule has 1 saturated heterocycles. The maximum Gasteiger partial charge on any atom is 0.433 e. The summed E-state index contributed by atoms with van der Waals surface area (Å²) in [5.41, 5.74) is 0. The second-order valence-corrected chi connectivity index (χ2v) is 8.42. The quantitative estimate of drug-likeness (QED) is 0.374. The first-order chi connectivity index (χ1) is 14.2. The summed E-state index contributed by atoms with van der Waals surface area (Å²) >= 11 is 0. The number of hydrogen-bond donors (Lipinski definition) is 0. The van der Waals surface area contributed by atoms with Crippen molar-refractivity contribution in [2.24, 2.45) is 0 Å². The maximum atomic E-state index is 12.6. The number of ether oxygens (including phenoxy) is 1. The average Bonchev–Trinajstić information content (AvgIpc) is 3.25. The van der Waals surface area contributed by atoms with Gasteiger partial charge in [0.1, 0.15) is 4.92 Å². The first-order valence-electron chi connectivity index (χ1n) is 8.99. The van der Waals surface area contributed by atoms with Crippen molar-refractivity contribution in [1.82, 2.24) is 9.21 Å². The van der Waals surface area contributed by atoms with E-state index in [0.717, 1.165) is 12.1 Å². The number of rotatable bonds is 6. The second-order valence-electron chi connectivity index (χ2n) is 6.48. The van der Waals surface area contributed by atoms with Gasteiger partial charge in [-0.3, -0.25) is 14.9 Å². The fraction of sp³-hybridized carbons (Fsp3) is 0.333. The molecule has 2 aromatic rings. The highest BCUT2D eigenvalue weighted by atomic mass is 32.2. The molecule has 1 unspecified atom stereocenters. The molecule has 160 valence electrons. The largest absolute Gasteiger partial charge is 0.447 e. The lowest BCUT2D eigenvalue weighted by atomic mass is 10.3. The van der Waals surface area contributed by atoms with E-state index in [1.165, 1.54) is 28.3 Å². The summed E-state index contributed by atoms with van der Waals surface area (Å²) in [4.78, 5) is 36.0. The van der Waals surface area contributed by atoms with Gasteiger partial charge in [0.2, 0.25) is 15.8 Å². The molecule has 1 fully saturated rings. The Morgan fingerprint density at radius 2 is 1.73 bits per heavy atom. The van der Waals surface area contributed by atoms with Crippen molar-refractivity contribution in [3.05, 3.63) is 58.3 Å². The zero-order valence-corrected chi connectivity index (χ0v) is 16.8. The molecule has 0 spiro atoms. The van der Waals surface area contributed by atoms with Gasteiger partial charge in [0, 0.05) is 26.2 Å². The van der Waals surface area contributed by atoms with Crippen LogP contribution in [-0.4, -0.2) is 66.7 Å². The molecule has 1 amide bonds. The predicted molar refractivity (Wildman–Crippen MR) is 102 cm³/mol. The third kappa shape index (κ3) is 4.49. The van der Waals surface area contributed by atoms with Gasteiger partial charge >= 0.3 is 11.9 Å². The first-order valence-corrected chi connectivity index (χ1v) is 10.4. The minimum Gasteiger partial charge on any atom is -0.447 e. The van der Waals surface area contributed by atoms with Crippen molar-refractivity contribution in [1.29, 1.82) is 0 Å². The minimum atomic E-state index is -3.65. The number of nitrogens with zero attached hydrogens (tertiary/aromatic N) is 3. The monoisotopic (exact) mass is 437 g/mol. The molecule has 0 radical (unpaired) electrons. The number of nitro groups is 1. The molecular formula is C18H19N3O8S. The molecule has 0 N–H and O–H groups in total. The number of furan rings is 1. The molecule has 1 aliphatic heterocycles. The van der Waals surface area contributed by atoms with Crippen LogP contribution in [0.2, 0.25) is 0 Å². The van der Waals surface area contributed by atoms with Crippen LogP contribution in [0, 0.1) is 10.1 Å². The van der Waals surface area contributed by atoms with Crippen LogP contribution in [0.1, 0.15) is 17.5 Å². The zero-order chi connectivity index (χ0) is 21.9. The topological polar surface area (TPSA) is 140 Å². The van der Waals surface area contributed by atoms with E-state index in [4.69, 9.17) is 9.15 Å². The molecule has 1 aromatic carbocycles. The highest BCUT2D eigenvalue weighted by molar-refractivity contribution is 7.89. The van der Waals surface area contributed by atoms with Crippen LogP contribution in [0.25, 0.3) is 0 Å².